The zero-order valence-electron chi connectivity index (χ0n) is 16.5. The van der Waals surface area contributed by atoms with Crippen molar-refractivity contribution >= 4 is 11.6 Å². The lowest BCUT2D eigenvalue weighted by atomic mass is 9.81. The molecule has 1 heterocycles. The fourth-order valence-electron chi connectivity index (χ4n) is 4.25. The van der Waals surface area contributed by atoms with Crippen LogP contribution in [0.5, 0.6) is 5.75 Å². The molecule has 0 bridgehead atoms. The smallest absolute Gasteiger partial charge is 0.223 e. The molecular weight excluding hydrogens is 340 g/mol. The van der Waals surface area contributed by atoms with Crippen molar-refractivity contribution in [3.8, 4) is 5.75 Å². The normalized spacial score (nSPS) is 23.9. The second-order valence-corrected chi connectivity index (χ2v) is 7.74. The van der Waals surface area contributed by atoms with Crippen LogP contribution in [0.4, 0.5) is 5.69 Å². The summed E-state index contributed by atoms with van der Waals surface area (Å²) >= 11 is 0. The summed E-state index contributed by atoms with van der Waals surface area (Å²) < 4.78 is 5.48. The molecule has 1 aliphatic heterocycles. The molecule has 1 aromatic rings. The largest absolute Gasteiger partial charge is 0.495 e. The standard InChI is InChI=1S/C21H34N4O2/c1-27-20-5-3-2-4-19(20)25-14-12-24(13-15-25)11-10-23-21(26)18-8-6-17(16-22)7-9-18/h2-5,17-18H,6-16,22H2,1H3,(H,23,26). The Balaban J connectivity index is 1.36. The molecule has 1 aromatic carbocycles. The van der Waals surface area contributed by atoms with E-state index in [-0.39, 0.29) is 11.8 Å². The lowest BCUT2D eigenvalue weighted by Gasteiger charge is -2.36. The van der Waals surface area contributed by atoms with Crippen LogP contribution < -0.4 is 20.7 Å². The zero-order valence-corrected chi connectivity index (χ0v) is 16.5. The van der Waals surface area contributed by atoms with Crippen molar-refractivity contribution in [3.05, 3.63) is 24.3 Å². The predicted molar refractivity (Wildman–Crippen MR) is 109 cm³/mol. The Kier molecular flexibility index (Phi) is 7.35. The van der Waals surface area contributed by atoms with Crippen LogP contribution in [0, 0.1) is 11.8 Å². The maximum Gasteiger partial charge on any atom is 0.223 e. The summed E-state index contributed by atoms with van der Waals surface area (Å²) in [6, 6.07) is 8.19. The number of hydrogen-bond acceptors (Lipinski definition) is 5. The van der Waals surface area contributed by atoms with E-state index in [1.807, 2.05) is 12.1 Å². The SMILES string of the molecule is COc1ccccc1N1CCN(CCNC(=O)C2CCC(CN)CC2)CC1. The fourth-order valence-corrected chi connectivity index (χ4v) is 4.25. The number of carbonyl (C=O) groups is 1. The zero-order chi connectivity index (χ0) is 19.1. The minimum absolute atomic E-state index is 0.190. The molecular formula is C21H34N4O2. The molecule has 3 N–H and O–H groups in total. The number of nitrogens with two attached hydrogens (primary N) is 1. The van der Waals surface area contributed by atoms with Gasteiger partial charge in [-0.25, -0.2) is 0 Å². The van der Waals surface area contributed by atoms with Gasteiger partial charge in [0.05, 0.1) is 12.8 Å². The highest BCUT2D eigenvalue weighted by molar-refractivity contribution is 5.78. The summed E-state index contributed by atoms with van der Waals surface area (Å²) in [6.07, 6.45) is 4.18. The average Bonchev–Trinajstić information content (AvgIpc) is 2.74. The Morgan fingerprint density at radius 3 is 2.52 bits per heavy atom. The van der Waals surface area contributed by atoms with Crippen LogP contribution in [-0.4, -0.2) is 63.7 Å². The van der Waals surface area contributed by atoms with Crippen molar-refractivity contribution in [2.75, 3.05) is 57.8 Å². The van der Waals surface area contributed by atoms with Crippen molar-refractivity contribution in [2.45, 2.75) is 25.7 Å². The van der Waals surface area contributed by atoms with Gasteiger partial charge >= 0.3 is 0 Å². The van der Waals surface area contributed by atoms with E-state index in [0.717, 1.165) is 77.2 Å². The number of anilines is 1. The third-order valence-corrected chi connectivity index (χ3v) is 6.08. The van der Waals surface area contributed by atoms with Gasteiger partial charge in [-0.3, -0.25) is 9.69 Å². The number of rotatable bonds is 7. The van der Waals surface area contributed by atoms with Gasteiger partial charge in [0.2, 0.25) is 5.91 Å². The van der Waals surface area contributed by atoms with E-state index in [1.165, 1.54) is 5.69 Å². The molecule has 0 atom stereocenters. The molecule has 27 heavy (non-hydrogen) atoms. The first kappa shape index (κ1) is 20.0. The molecule has 6 nitrogen and oxygen atoms in total. The molecule has 3 rings (SSSR count). The quantitative estimate of drug-likeness (QED) is 0.760. The van der Waals surface area contributed by atoms with E-state index in [9.17, 15) is 4.79 Å². The number of benzene rings is 1. The van der Waals surface area contributed by atoms with Crippen LogP contribution in [0.25, 0.3) is 0 Å². The number of hydrogen-bond donors (Lipinski definition) is 2. The Morgan fingerprint density at radius 2 is 1.85 bits per heavy atom. The van der Waals surface area contributed by atoms with Gasteiger partial charge in [0.15, 0.2) is 0 Å². The molecule has 0 spiro atoms. The number of methoxy groups -OCH3 is 1. The third kappa shape index (κ3) is 5.36. The number of nitrogens with zero attached hydrogens (tertiary/aromatic N) is 2. The molecule has 1 amide bonds. The predicted octanol–water partition coefficient (Wildman–Crippen LogP) is 1.70. The number of carbonyl (C=O) groups excluding carboxylic acids is 1. The van der Waals surface area contributed by atoms with Gasteiger partial charge < -0.3 is 20.7 Å². The van der Waals surface area contributed by atoms with Gasteiger partial charge in [0.25, 0.3) is 0 Å². The van der Waals surface area contributed by atoms with Gasteiger partial charge in [-0.05, 0) is 50.3 Å². The van der Waals surface area contributed by atoms with Gasteiger partial charge in [-0.1, -0.05) is 12.1 Å². The van der Waals surface area contributed by atoms with Crippen LogP contribution in [0.1, 0.15) is 25.7 Å². The first-order chi connectivity index (χ1) is 13.2. The first-order valence-electron chi connectivity index (χ1n) is 10.3. The second-order valence-electron chi connectivity index (χ2n) is 7.74. The van der Waals surface area contributed by atoms with Gasteiger partial charge in [-0.15, -0.1) is 0 Å². The molecule has 0 aromatic heterocycles. The van der Waals surface area contributed by atoms with E-state index in [2.05, 4.69) is 27.2 Å². The number of piperazine rings is 1. The molecule has 1 aliphatic carbocycles. The van der Waals surface area contributed by atoms with E-state index >= 15 is 0 Å². The maximum atomic E-state index is 12.4. The molecule has 1 saturated carbocycles. The lowest BCUT2D eigenvalue weighted by molar-refractivity contribution is -0.126. The highest BCUT2D eigenvalue weighted by Crippen LogP contribution is 2.29. The monoisotopic (exact) mass is 374 g/mol. The van der Waals surface area contributed by atoms with E-state index < -0.39 is 0 Å². The molecule has 0 unspecified atom stereocenters. The number of ether oxygens (including phenoxy) is 1. The Hall–Kier alpha value is -1.79. The van der Waals surface area contributed by atoms with Crippen LogP contribution in [-0.2, 0) is 4.79 Å². The number of amides is 1. The Bertz CT molecular complexity index is 594. The Labute approximate surface area is 163 Å². The van der Waals surface area contributed by atoms with Crippen LogP contribution in [0.3, 0.4) is 0 Å². The van der Waals surface area contributed by atoms with Crippen molar-refractivity contribution in [1.82, 2.24) is 10.2 Å². The van der Waals surface area contributed by atoms with E-state index in [1.54, 1.807) is 7.11 Å². The third-order valence-electron chi connectivity index (χ3n) is 6.08. The molecule has 1 saturated heterocycles. The van der Waals surface area contributed by atoms with Gasteiger partial charge in [0.1, 0.15) is 5.75 Å². The first-order valence-corrected chi connectivity index (χ1v) is 10.3. The minimum Gasteiger partial charge on any atom is -0.495 e. The van der Waals surface area contributed by atoms with Gasteiger partial charge in [-0.2, -0.15) is 0 Å². The second kappa shape index (κ2) is 9.95. The van der Waals surface area contributed by atoms with E-state index in [4.69, 9.17) is 10.5 Å². The summed E-state index contributed by atoms with van der Waals surface area (Å²) in [5, 5.41) is 3.15. The highest BCUT2D eigenvalue weighted by atomic mass is 16.5. The van der Waals surface area contributed by atoms with Crippen LogP contribution in [0.2, 0.25) is 0 Å². The van der Waals surface area contributed by atoms with Crippen molar-refractivity contribution in [2.24, 2.45) is 17.6 Å². The minimum atomic E-state index is 0.190. The number of nitrogens with one attached hydrogen (secondary N) is 1. The van der Waals surface area contributed by atoms with E-state index in [0.29, 0.717) is 5.92 Å². The van der Waals surface area contributed by atoms with Crippen LogP contribution >= 0.6 is 0 Å². The summed E-state index contributed by atoms with van der Waals surface area (Å²) in [7, 11) is 1.72. The molecule has 2 fully saturated rings. The van der Waals surface area contributed by atoms with Crippen molar-refractivity contribution < 1.29 is 9.53 Å². The summed E-state index contributed by atoms with van der Waals surface area (Å²) in [5.41, 5.74) is 6.90. The Morgan fingerprint density at radius 1 is 1.15 bits per heavy atom. The highest BCUT2D eigenvalue weighted by Gasteiger charge is 2.25. The average molecular weight is 375 g/mol. The number of para-hydroxylation sites is 2. The van der Waals surface area contributed by atoms with Gasteiger partial charge in [0, 0.05) is 45.2 Å². The summed E-state index contributed by atoms with van der Waals surface area (Å²) in [6.45, 7) is 6.41. The van der Waals surface area contributed by atoms with Crippen LogP contribution in [0.15, 0.2) is 24.3 Å². The maximum absolute atomic E-state index is 12.4. The van der Waals surface area contributed by atoms with Crippen molar-refractivity contribution in [3.63, 3.8) is 0 Å². The molecule has 2 aliphatic rings. The molecule has 150 valence electrons. The molecule has 0 radical (unpaired) electrons. The summed E-state index contributed by atoms with van der Waals surface area (Å²) in [4.78, 5) is 17.2. The topological polar surface area (TPSA) is 70.8 Å². The fraction of sp³-hybridized carbons (Fsp3) is 0.667. The summed E-state index contributed by atoms with van der Waals surface area (Å²) in [5.74, 6) is 1.98. The lowest BCUT2D eigenvalue weighted by Crippen LogP contribution is -2.49. The molecule has 6 heteroatoms. The van der Waals surface area contributed by atoms with Crippen molar-refractivity contribution in [1.29, 1.82) is 0 Å².